The van der Waals surface area contributed by atoms with Crippen molar-refractivity contribution in [2.75, 3.05) is 18.5 Å². The van der Waals surface area contributed by atoms with Crippen molar-refractivity contribution in [3.63, 3.8) is 0 Å². The highest BCUT2D eigenvalue weighted by molar-refractivity contribution is 6.30. The van der Waals surface area contributed by atoms with E-state index < -0.39 is 0 Å². The lowest BCUT2D eigenvalue weighted by Gasteiger charge is -2.26. The average molecular weight is 440 g/mol. The quantitative estimate of drug-likeness (QED) is 0.586. The smallest absolute Gasteiger partial charge is 0.322 e. The number of aromatic nitrogens is 1. The minimum atomic E-state index is -0.280. The van der Waals surface area contributed by atoms with E-state index >= 15 is 0 Å². The van der Waals surface area contributed by atoms with Crippen LogP contribution in [0.25, 0.3) is 10.9 Å². The zero-order chi connectivity index (χ0) is 22.0. The van der Waals surface area contributed by atoms with Crippen LogP contribution in [0, 0.1) is 13.8 Å². The van der Waals surface area contributed by atoms with Gasteiger partial charge in [0, 0.05) is 40.3 Å². The maximum atomic E-state index is 13.1. The standard InChI is InChI=1S/C24H26ClN3O3/c1-15-10-16(2)21-12-17(23(29)27-22(21)11-15)13-28(14-20-4-3-9-31-20)24(30)26-19-7-5-18(25)6-8-19/h5-8,10-12,20H,3-4,9,13-14H2,1-2H3,(H,26,30)(H,27,29). The predicted molar refractivity (Wildman–Crippen MR) is 124 cm³/mol. The number of H-pyrrole nitrogens is 1. The summed E-state index contributed by atoms with van der Waals surface area (Å²) < 4.78 is 5.74. The van der Waals surface area contributed by atoms with E-state index in [9.17, 15) is 9.59 Å². The summed E-state index contributed by atoms with van der Waals surface area (Å²) in [5.74, 6) is 0. The Morgan fingerprint density at radius 2 is 2.00 bits per heavy atom. The molecule has 1 unspecified atom stereocenters. The number of pyridine rings is 1. The molecule has 0 aliphatic carbocycles. The van der Waals surface area contributed by atoms with Gasteiger partial charge < -0.3 is 19.9 Å². The van der Waals surface area contributed by atoms with Crippen LogP contribution in [0.3, 0.4) is 0 Å². The summed E-state index contributed by atoms with van der Waals surface area (Å²) in [4.78, 5) is 30.5. The molecule has 2 amide bonds. The first-order chi connectivity index (χ1) is 14.9. The predicted octanol–water partition coefficient (Wildman–Crippen LogP) is 5.01. The summed E-state index contributed by atoms with van der Waals surface area (Å²) in [6.07, 6.45) is 1.85. The summed E-state index contributed by atoms with van der Waals surface area (Å²) in [5, 5.41) is 4.48. The number of rotatable bonds is 5. The molecule has 0 radical (unpaired) electrons. The number of urea groups is 1. The second-order valence-electron chi connectivity index (χ2n) is 8.12. The SMILES string of the molecule is Cc1cc(C)c2cc(CN(CC3CCCO3)C(=O)Nc3ccc(Cl)cc3)c(=O)[nH]c2c1. The van der Waals surface area contributed by atoms with Crippen LogP contribution in [0.15, 0.2) is 47.3 Å². The highest BCUT2D eigenvalue weighted by Crippen LogP contribution is 2.21. The minimum Gasteiger partial charge on any atom is -0.376 e. The third-order valence-electron chi connectivity index (χ3n) is 5.58. The molecule has 1 fully saturated rings. The number of ether oxygens (including phenoxy) is 1. The number of aryl methyl sites for hydroxylation is 2. The number of carbonyl (C=O) groups is 1. The topological polar surface area (TPSA) is 74.4 Å². The summed E-state index contributed by atoms with van der Waals surface area (Å²) in [5.41, 5.74) is 3.99. The van der Waals surface area contributed by atoms with Gasteiger partial charge in [0.15, 0.2) is 0 Å². The van der Waals surface area contributed by atoms with Gasteiger partial charge in [0.25, 0.3) is 5.56 Å². The Bertz CT molecular complexity index is 1150. The van der Waals surface area contributed by atoms with Crippen molar-refractivity contribution in [1.82, 2.24) is 9.88 Å². The van der Waals surface area contributed by atoms with E-state index in [-0.39, 0.29) is 24.2 Å². The molecular formula is C24H26ClN3O3. The number of halogens is 1. The number of nitrogens with one attached hydrogen (secondary N) is 2. The number of benzene rings is 2. The van der Waals surface area contributed by atoms with E-state index in [0.717, 1.165) is 34.9 Å². The van der Waals surface area contributed by atoms with Gasteiger partial charge in [-0.15, -0.1) is 0 Å². The maximum absolute atomic E-state index is 13.1. The molecule has 1 saturated heterocycles. The van der Waals surface area contributed by atoms with Gasteiger partial charge in [0.1, 0.15) is 0 Å². The van der Waals surface area contributed by atoms with E-state index in [0.29, 0.717) is 29.4 Å². The first-order valence-electron chi connectivity index (χ1n) is 10.5. The van der Waals surface area contributed by atoms with Crippen LogP contribution < -0.4 is 10.9 Å². The lowest BCUT2D eigenvalue weighted by atomic mass is 10.0. The van der Waals surface area contributed by atoms with Gasteiger partial charge in [-0.3, -0.25) is 4.79 Å². The molecular weight excluding hydrogens is 414 g/mol. The van der Waals surface area contributed by atoms with E-state index in [1.807, 2.05) is 26.0 Å². The second kappa shape index (κ2) is 9.12. The van der Waals surface area contributed by atoms with Gasteiger partial charge in [-0.25, -0.2) is 4.79 Å². The second-order valence-corrected chi connectivity index (χ2v) is 8.56. The lowest BCUT2D eigenvalue weighted by molar-refractivity contribution is 0.0818. The summed E-state index contributed by atoms with van der Waals surface area (Å²) in [6, 6.07) is 12.6. The molecule has 2 aromatic carbocycles. The molecule has 2 heterocycles. The summed E-state index contributed by atoms with van der Waals surface area (Å²) >= 11 is 5.94. The Balaban J connectivity index is 1.62. The molecule has 0 bridgehead atoms. The molecule has 31 heavy (non-hydrogen) atoms. The molecule has 162 valence electrons. The van der Waals surface area contributed by atoms with Crippen molar-refractivity contribution >= 4 is 34.2 Å². The molecule has 6 nitrogen and oxygen atoms in total. The summed E-state index contributed by atoms with van der Waals surface area (Å²) in [7, 11) is 0. The van der Waals surface area contributed by atoms with Crippen molar-refractivity contribution < 1.29 is 9.53 Å². The van der Waals surface area contributed by atoms with E-state index in [1.165, 1.54) is 0 Å². The minimum absolute atomic E-state index is 0.0279. The molecule has 1 atom stereocenters. The van der Waals surface area contributed by atoms with Crippen molar-refractivity contribution in [2.45, 2.75) is 39.3 Å². The molecule has 3 aromatic rings. The van der Waals surface area contributed by atoms with Gasteiger partial charge >= 0.3 is 6.03 Å². The Morgan fingerprint density at radius 1 is 1.23 bits per heavy atom. The van der Waals surface area contributed by atoms with Crippen LogP contribution in [-0.4, -0.2) is 35.2 Å². The average Bonchev–Trinajstić information content (AvgIpc) is 3.23. The van der Waals surface area contributed by atoms with Crippen LogP contribution in [0.2, 0.25) is 5.02 Å². The number of nitrogens with zero attached hydrogens (tertiary/aromatic N) is 1. The number of anilines is 1. The highest BCUT2D eigenvalue weighted by atomic mass is 35.5. The third-order valence-corrected chi connectivity index (χ3v) is 5.83. The zero-order valence-corrected chi connectivity index (χ0v) is 18.5. The van der Waals surface area contributed by atoms with E-state index in [1.54, 1.807) is 29.2 Å². The first kappa shape index (κ1) is 21.4. The van der Waals surface area contributed by atoms with Crippen LogP contribution in [0.1, 0.15) is 29.5 Å². The highest BCUT2D eigenvalue weighted by Gasteiger charge is 2.24. The molecule has 4 rings (SSSR count). The number of fused-ring (bicyclic) bond motifs is 1. The van der Waals surface area contributed by atoms with Crippen molar-refractivity contribution in [1.29, 1.82) is 0 Å². The number of aromatic amines is 1. The fourth-order valence-electron chi connectivity index (χ4n) is 4.03. The molecule has 0 spiro atoms. The Labute approximate surface area is 186 Å². The number of hydrogen-bond donors (Lipinski definition) is 2. The summed E-state index contributed by atoms with van der Waals surface area (Å²) in [6.45, 7) is 5.34. The molecule has 7 heteroatoms. The number of amides is 2. The van der Waals surface area contributed by atoms with Crippen LogP contribution in [-0.2, 0) is 11.3 Å². The fraction of sp³-hybridized carbons (Fsp3) is 0.333. The Kier molecular flexibility index (Phi) is 6.30. The Morgan fingerprint density at radius 3 is 2.71 bits per heavy atom. The lowest BCUT2D eigenvalue weighted by Crippen LogP contribution is -2.40. The maximum Gasteiger partial charge on any atom is 0.322 e. The van der Waals surface area contributed by atoms with Crippen LogP contribution >= 0.6 is 11.6 Å². The molecule has 1 aliphatic heterocycles. The third kappa shape index (κ3) is 5.09. The van der Waals surface area contributed by atoms with Crippen LogP contribution in [0.5, 0.6) is 0 Å². The van der Waals surface area contributed by atoms with Gasteiger partial charge in [-0.05, 0) is 74.2 Å². The molecule has 2 N–H and O–H groups in total. The van der Waals surface area contributed by atoms with E-state index in [2.05, 4.69) is 16.4 Å². The number of carbonyl (C=O) groups excluding carboxylic acids is 1. The zero-order valence-electron chi connectivity index (χ0n) is 17.7. The molecule has 0 saturated carbocycles. The van der Waals surface area contributed by atoms with Gasteiger partial charge in [-0.2, -0.15) is 0 Å². The molecule has 1 aromatic heterocycles. The van der Waals surface area contributed by atoms with Crippen molar-refractivity contribution in [3.8, 4) is 0 Å². The normalized spacial score (nSPS) is 15.9. The number of hydrogen-bond acceptors (Lipinski definition) is 3. The van der Waals surface area contributed by atoms with E-state index in [4.69, 9.17) is 16.3 Å². The largest absolute Gasteiger partial charge is 0.376 e. The fourth-order valence-corrected chi connectivity index (χ4v) is 4.15. The van der Waals surface area contributed by atoms with Gasteiger partial charge in [0.05, 0.1) is 12.6 Å². The van der Waals surface area contributed by atoms with Gasteiger partial charge in [-0.1, -0.05) is 17.7 Å². The monoisotopic (exact) mass is 439 g/mol. The molecule has 1 aliphatic rings. The first-order valence-corrected chi connectivity index (χ1v) is 10.8. The van der Waals surface area contributed by atoms with Crippen molar-refractivity contribution in [3.05, 3.63) is 74.5 Å². The van der Waals surface area contributed by atoms with Crippen LogP contribution in [0.4, 0.5) is 10.5 Å². The van der Waals surface area contributed by atoms with Gasteiger partial charge in [0.2, 0.25) is 0 Å². The Hall–Kier alpha value is -2.83. The van der Waals surface area contributed by atoms with Crippen molar-refractivity contribution in [2.24, 2.45) is 0 Å².